The fraction of sp³-hybridized carbons (Fsp3) is 0.238. The Bertz CT molecular complexity index is 1190. The van der Waals surface area contributed by atoms with Crippen molar-refractivity contribution in [2.75, 3.05) is 6.54 Å². The highest BCUT2D eigenvalue weighted by Crippen LogP contribution is 2.30. The van der Waals surface area contributed by atoms with E-state index in [0.29, 0.717) is 6.54 Å². The summed E-state index contributed by atoms with van der Waals surface area (Å²) < 4.78 is 0.958. The minimum absolute atomic E-state index is 0.0272. The molecular weight excluding hydrogens is 406 g/mol. The largest absolute Gasteiger partial charge is 0.493 e. The third kappa shape index (κ3) is 3.86. The molecule has 154 valence electrons. The molecule has 4 rings (SSSR count). The second-order valence-electron chi connectivity index (χ2n) is 6.99. The molecule has 1 fully saturated rings. The summed E-state index contributed by atoms with van der Waals surface area (Å²) in [5.41, 5.74) is -0.328. The second-order valence-corrected chi connectivity index (χ2v) is 7.40. The van der Waals surface area contributed by atoms with Gasteiger partial charge in [-0.3, -0.25) is 19.8 Å². The first-order valence-electron chi connectivity index (χ1n) is 9.60. The number of hydrazone groups is 1. The van der Waals surface area contributed by atoms with Gasteiger partial charge < -0.3 is 5.11 Å². The number of nitrogens with one attached hydrogen (secondary N) is 1. The third-order valence-corrected chi connectivity index (χ3v) is 5.41. The van der Waals surface area contributed by atoms with Gasteiger partial charge >= 0.3 is 5.69 Å². The molecule has 0 bridgehead atoms. The topological polar surface area (TPSA) is 104 Å². The Labute approximate surface area is 177 Å². The molecule has 30 heavy (non-hydrogen) atoms. The molecule has 1 aliphatic heterocycles. The summed E-state index contributed by atoms with van der Waals surface area (Å²) in [5, 5.41) is 17.3. The fourth-order valence-electron chi connectivity index (χ4n) is 3.61. The van der Waals surface area contributed by atoms with E-state index in [1.807, 2.05) is 17.1 Å². The molecule has 0 radical (unpaired) electrons. The van der Waals surface area contributed by atoms with E-state index in [0.717, 1.165) is 29.4 Å². The number of halogens is 1. The van der Waals surface area contributed by atoms with Crippen molar-refractivity contribution in [3.05, 3.63) is 85.8 Å². The maximum absolute atomic E-state index is 12.4. The fourth-order valence-corrected chi connectivity index (χ4v) is 3.83. The van der Waals surface area contributed by atoms with Crippen molar-refractivity contribution in [1.82, 2.24) is 19.5 Å². The van der Waals surface area contributed by atoms with Crippen molar-refractivity contribution >= 4 is 17.8 Å². The van der Waals surface area contributed by atoms with Gasteiger partial charge in [0.2, 0.25) is 5.88 Å². The van der Waals surface area contributed by atoms with Gasteiger partial charge in [-0.25, -0.2) is 9.36 Å². The Morgan fingerprint density at radius 1 is 1.20 bits per heavy atom. The number of hydrogen-bond donors (Lipinski definition) is 2. The van der Waals surface area contributed by atoms with Crippen LogP contribution >= 0.6 is 11.6 Å². The number of nitrogens with zero attached hydrogens (tertiary/aromatic N) is 4. The minimum Gasteiger partial charge on any atom is -0.493 e. The first-order chi connectivity index (χ1) is 14.6. The number of piperidine rings is 1. The van der Waals surface area contributed by atoms with Crippen molar-refractivity contribution in [2.45, 2.75) is 25.3 Å². The van der Waals surface area contributed by atoms with E-state index >= 15 is 0 Å². The van der Waals surface area contributed by atoms with Crippen LogP contribution in [0.3, 0.4) is 0 Å². The van der Waals surface area contributed by atoms with Crippen LogP contribution in [0.1, 0.15) is 36.4 Å². The summed E-state index contributed by atoms with van der Waals surface area (Å²) in [5.74, 6) is -0.518. The van der Waals surface area contributed by atoms with Gasteiger partial charge in [0.05, 0.1) is 23.0 Å². The van der Waals surface area contributed by atoms with Gasteiger partial charge in [-0.1, -0.05) is 29.8 Å². The van der Waals surface area contributed by atoms with E-state index in [4.69, 9.17) is 11.6 Å². The number of para-hydroxylation sites is 1. The summed E-state index contributed by atoms with van der Waals surface area (Å²) in [4.78, 5) is 31.1. The van der Waals surface area contributed by atoms with Gasteiger partial charge in [0.1, 0.15) is 5.56 Å². The van der Waals surface area contributed by atoms with Crippen molar-refractivity contribution in [3.63, 3.8) is 0 Å². The lowest BCUT2D eigenvalue weighted by molar-refractivity contribution is 0.156. The Balaban J connectivity index is 1.73. The molecule has 0 unspecified atom stereocenters. The molecule has 3 aromatic rings. The Kier molecular flexibility index (Phi) is 5.67. The first-order valence-corrected chi connectivity index (χ1v) is 9.98. The molecule has 2 aromatic heterocycles. The van der Waals surface area contributed by atoms with E-state index < -0.39 is 17.1 Å². The summed E-state index contributed by atoms with van der Waals surface area (Å²) >= 11 is 6.17. The number of aromatic nitrogens is 3. The summed E-state index contributed by atoms with van der Waals surface area (Å²) in [7, 11) is 0. The monoisotopic (exact) mass is 425 g/mol. The van der Waals surface area contributed by atoms with Gasteiger partial charge in [-0.2, -0.15) is 5.10 Å². The molecule has 1 aliphatic rings. The summed E-state index contributed by atoms with van der Waals surface area (Å²) in [6.07, 6.45) is 7.75. The maximum atomic E-state index is 12.4. The zero-order chi connectivity index (χ0) is 21.1. The van der Waals surface area contributed by atoms with Crippen molar-refractivity contribution in [1.29, 1.82) is 0 Å². The quantitative estimate of drug-likeness (QED) is 0.625. The third-order valence-electron chi connectivity index (χ3n) is 5.09. The highest BCUT2D eigenvalue weighted by Gasteiger charge is 2.23. The minimum atomic E-state index is -0.783. The highest BCUT2D eigenvalue weighted by atomic mass is 35.5. The summed E-state index contributed by atoms with van der Waals surface area (Å²) in [6.45, 7) is 0.707. The van der Waals surface area contributed by atoms with Crippen molar-refractivity contribution in [2.24, 2.45) is 5.10 Å². The zero-order valence-corrected chi connectivity index (χ0v) is 16.8. The molecule has 3 heterocycles. The molecule has 0 aliphatic carbocycles. The first kappa shape index (κ1) is 19.9. The van der Waals surface area contributed by atoms with E-state index in [1.54, 1.807) is 36.7 Å². The average molecular weight is 426 g/mol. The van der Waals surface area contributed by atoms with Crippen LogP contribution in [0.5, 0.6) is 5.88 Å². The lowest BCUT2D eigenvalue weighted by atomic mass is 9.98. The molecule has 0 saturated carbocycles. The Hall–Kier alpha value is -3.39. The van der Waals surface area contributed by atoms with Crippen LogP contribution in [0.4, 0.5) is 0 Å². The zero-order valence-electron chi connectivity index (χ0n) is 16.0. The predicted molar refractivity (Wildman–Crippen MR) is 114 cm³/mol. The maximum Gasteiger partial charge on any atom is 0.335 e. The van der Waals surface area contributed by atoms with Crippen LogP contribution < -0.4 is 11.2 Å². The smallest absolute Gasteiger partial charge is 0.335 e. The Morgan fingerprint density at radius 2 is 2.03 bits per heavy atom. The lowest BCUT2D eigenvalue weighted by Gasteiger charge is -2.33. The van der Waals surface area contributed by atoms with Crippen molar-refractivity contribution in [3.8, 4) is 11.6 Å². The number of aromatic amines is 1. The van der Waals surface area contributed by atoms with Crippen LogP contribution in [0.2, 0.25) is 5.02 Å². The van der Waals surface area contributed by atoms with E-state index in [2.05, 4.69) is 15.1 Å². The van der Waals surface area contributed by atoms with E-state index in [9.17, 15) is 14.7 Å². The normalized spacial score (nSPS) is 16.8. The molecule has 0 spiro atoms. The molecular formula is C21H20ClN5O3. The van der Waals surface area contributed by atoms with Crippen LogP contribution in [-0.2, 0) is 0 Å². The molecule has 9 heteroatoms. The molecule has 2 N–H and O–H groups in total. The molecule has 8 nitrogen and oxygen atoms in total. The molecule has 1 aromatic carbocycles. The van der Waals surface area contributed by atoms with Crippen LogP contribution in [-0.4, -0.2) is 37.4 Å². The Morgan fingerprint density at radius 3 is 2.80 bits per heavy atom. The second kappa shape index (κ2) is 8.54. The standard InChI is InChI=1S/C21H20ClN5O3/c22-16-7-1-2-9-18(16)27-20(29)15(19(28)25-21(27)30)13-24-26-11-4-3-8-17(26)14-6-5-10-23-12-14/h1-2,5-7,9-10,12-13,17,29H,3-4,8,11H2,(H,25,28,30)/b24-13+/t17-/m1/s1. The number of aromatic hydroxyl groups is 1. The number of hydrogen-bond acceptors (Lipinski definition) is 6. The molecule has 1 saturated heterocycles. The van der Waals surface area contributed by atoms with E-state index in [-0.39, 0.29) is 22.3 Å². The number of pyridine rings is 1. The van der Waals surface area contributed by atoms with Crippen LogP contribution in [0.15, 0.2) is 63.5 Å². The summed E-state index contributed by atoms with van der Waals surface area (Å²) in [6, 6.07) is 10.4. The molecule has 0 amide bonds. The lowest BCUT2D eigenvalue weighted by Crippen LogP contribution is -2.32. The van der Waals surface area contributed by atoms with Gasteiger partial charge in [-0.15, -0.1) is 0 Å². The van der Waals surface area contributed by atoms with Gasteiger partial charge in [-0.05, 0) is 43.0 Å². The van der Waals surface area contributed by atoms with Gasteiger partial charge in [0, 0.05) is 18.9 Å². The van der Waals surface area contributed by atoms with Crippen molar-refractivity contribution < 1.29 is 5.11 Å². The molecule has 1 atom stereocenters. The SMILES string of the molecule is O=c1[nH]c(=O)n(-c2ccccc2Cl)c(O)c1/C=N/N1CCCC[C@@H]1c1cccnc1. The van der Waals surface area contributed by atoms with Crippen LogP contribution in [0, 0.1) is 0 Å². The van der Waals surface area contributed by atoms with Gasteiger partial charge in [0.25, 0.3) is 5.56 Å². The predicted octanol–water partition coefficient (Wildman–Crippen LogP) is 2.84. The van der Waals surface area contributed by atoms with E-state index in [1.165, 1.54) is 6.21 Å². The average Bonchev–Trinajstić information content (AvgIpc) is 2.75. The number of benzene rings is 1. The highest BCUT2D eigenvalue weighted by molar-refractivity contribution is 6.32. The number of rotatable bonds is 4. The van der Waals surface area contributed by atoms with Crippen LogP contribution in [0.25, 0.3) is 5.69 Å². The van der Waals surface area contributed by atoms with Gasteiger partial charge in [0.15, 0.2) is 0 Å². The number of H-pyrrole nitrogens is 1.